The van der Waals surface area contributed by atoms with Crippen molar-refractivity contribution in [3.63, 3.8) is 0 Å². The largest absolute Gasteiger partial charge is 0.352 e. The number of nitrogens with zero attached hydrogens (tertiary/aromatic N) is 3. The number of likely N-dealkylation sites (tertiary alicyclic amines) is 1. The lowest BCUT2D eigenvalue weighted by molar-refractivity contribution is 0.0951. The van der Waals surface area contributed by atoms with Crippen LogP contribution >= 0.6 is 0 Å². The zero-order valence-corrected chi connectivity index (χ0v) is 16.9. The van der Waals surface area contributed by atoms with E-state index >= 15 is 0 Å². The predicted octanol–water partition coefficient (Wildman–Crippen LogP) is 3.25. The van der Waals surface area contributed by atoms with Crippen molar-refractivity contribution in [2.75, 3.05) is 25.0 Å². The van der Waals surface area contributed by atoms with Crippen LogP contribution in [0.3, 0.4) is 0 Å². The molecule has 0 spiro atoms. The fourth-order valence-electron chi connectivity index (χ4n) is 4.95. The van der Waals surface area contributed by atoms with Crippen LogP contribution in [0.1, 0.15) is 23.7 Å². The molecule has 2 fully saturated rings. The highest BCUT2D eigenvalue weighted by Gasteiger charge is 2.65. The normalized spacial score (nSPS) is 24.5. The Morgan fingerprint density at radius 3 is 2.80 bits per heavy atom. The van der Waals surface area contributed by atoms with Crippen LogP contribution in [-0.4, -0.2) is 45.9 Å². The highest BCUT2D eigenvalue weighted by atomic mass is 16.2. The van der Waals surface area contributed by atoms with Crippen molar-refractivity contribution in [1.82, 2.24) is 19.6 Å². The number of pyridine rings is 1. The van der Waals surface area contributed by atoms with E-state index in [1.807, 2.05) is 51.9 Å². The van der Waals surface area contributed by atoms with E-state index in [1.165, 1.54) is 0 Å². The summed E-state index contributed by atoms with van der Waals surface area (Å²) in [5, 5.41) is 6.00. The van der Waals surface area contributed by atoms with Crippen LogP contribution in [-0.2, 0) is 0 Å². The standard InChI is InChI=1S/C23H25N5O2/c1-23-15-28(22(30)26-17-5-3-2-4-6-17)14-19(23)18(23)9-10-25-21(29)16-7-8-20-24-11-12-27(20)13-16/h2-8,11-13,18-19H,9-10,14-15H2,1H3,(H,25,29)(H,26,30)/t18-,19-,23?/m0/s1. The molecule has 2 aromatic heterocycles. The van der Waals surface area contributed by atoms with Gasteiger partial charge in [0.15, 0.2) is 0 Å². The Hall–Kier alpha value is -3.35. The zero-order chi connectivity index (χ0) is 20.7. The number of rotatable bonds is 5. The van der Waals surface area contributed by atoms with Gasteiger partial charge in [0.1, 0.15) is 5.65 Å². The van der Waals surface area contributed by atoms with Crippen molar-refractivity contribution in [3.05, 3.63) is 66.6 Å². The Balaban J connectivity index is 1.10. The van der Waals surface area contributed by atoms with Gasteiger partial charge in [0.05, 0.1) is 5.56 Å². The Labute approximate surface area is 175 Å². The number of benzene rings is 1. The lowest BCUT2D eigenvalue weighted by Gasteiger charge is -2.22. The van der Waals surface area contributed by atoms with Crippen LogP contribution < -0.4 is 10.6 Å². The van der Waals surface area contributed by atoms with Gasteiger partial charge in [-0.05, 0) is 47.9 Å². The summed E-state index contributed by atoms with van der Waals surface area (Å²) in [6, 6.07) is 13.2. The topological polar surface area (TPSA) is 78.7 Å². The Morgan fingerprint density at radius 1 is 1.20 bits per heavy atom. The Morgan fingerprint density at radius 2 is 2.03 bits per heavy atom. The van der Waals surface area contributed by atoms with Crippen molar-refractivity contribution < 1.29 is 9.59 Å². The number of urea groups is 1. The molecule has 1 saturated carbocycles. The number of piperidine rings is 1. The van der Waals surface area contributed by atoms with Crippen molar-refractivity contribution in [2.24, 2.45) is 17.3 Å². The molecular formula is C23H25N5O2. The fraction of sp³-hybridized carbons (Fsp3) is 0.348. The molecule has 2 aliphatic rings. The second kappa shape index (κ2) is 7.16. The lowest BCUT2D eigenvalue weighted by Crippen LogP contribution is -2.36. The molecule has 30 heavy (non-hydrogen) atoms. The van der Waals surface area contributed by atoms with Crippen LogP contribution in [0.4, 0.5) is 10.5 Å². The zero-order valence-electron chi connectivity index (χ0n) is 16.9. The van der Waals surface area contributed by atoms with Crippen LogP contribution in [0.2, 0.25) is 0 Å². The summed E-state index contributed by atoms with van der Waals surface area (Å²) in [5.41, 5.74) is 2.44. The van der Waals surface area contributed by atoms with Crippen molar-refractivity contribution in [3.8, 4) is 0 Å². The number of anilines is 1. The SMILES string of the molecule is CC12CN(C(=O)Nc3ccccc3)C[C@H]1[C@@H]2CCNC(=O)c1ccc2nccn2c1. The summed E-state index contributed by atoms with van der Waals surface area (Å²) in [5.74, 6) is 0.998. The van der Waals surface area contributed by atoms with E-state index in [9.17, 15) is 9.59 Å². The molecule has 3 atom stereocenters. The Kier molecular flexibility index (Phi) is 4.46. The summed E-state index contributed by atoms with van der Waals surface area (Å²) < 4.78 is 1.84. The molecule has 3 amide bonds. The molecule has 1 unspecified atom stereocenters. The quantitative estimate of drug-likeness (QED) is 0.686. The van der Waals surface area contributed by atoms with Gasteiger partial charge in [0, 0.05) is 43.9 Å². The molecule has 2 N–H and O–H groups in total. The minimum atomic E-state index is -0.0644. The van der Waals surface area contributed by atoms with Crippen molar-refractivity contribution in [2.45, 2.75) is 13.3 Å². The van der Waals surface area contributed by atoms with Crippen molar-refractivity contribution in [1.29, 1.82) is 0 Å². The molecule has 5 rings (SSSR count). The molecule has 0 radical (unpaired) electrons. The van der Waals surface area contributed by atoms with Gasteiger partial charge >= 0.3 is 6.03 Å². The van der Waals surface area contributed by atoms with Crippen molar-refractivity contribution >= 4 is 23.3 Å². The minimum absolute atomic E-state index is 0.0310. The molecular weight excluding hydrogens is 378 g/mol. The highest BCUT2D eigenvalue weighted by molar-refractivity contribution is 5.94. The maximum absolute atomic E-state index is 12.5. The van der Waals surface area contributed by atoms with Crippen LogP contribution in [0, 0.1) is 17.3 Å². The summed E-state index contributed by atoms with van der Waals surface area (Å²) in [6.45, 7) is 4.46. The highest BCUT2D eigenvalue weighted by Crippen LogP contribution is 2.64. The summed E-state index contributed by atoms with van der Waals surface area (Å²) in [7, 11) is 0. The first-order valence-electron chi connectivity index (χ1n) is 10.4. The number of carbonyl (C=O) groups is 2. The van der Waals surface area contributed by atoms with Gasteiger partial charge in [-0.25, -0.2) is 9.78 Å². The van der Waals surface area contributed by atoms with E-state index in [2.05, 4.69) is 22.5 Å². The second-order valence-corrected chi connectivity index (χ2v) is 8.55. The lowest BCUT2D eigenvalue weighted by atomic mass is 10.1. The van der Waals surface area contributed by atoms with Gasteiger partial charge in [-0.1, -0.05) is 25.1 Å². The number of imidazole rings is 1. The van der Waals surface area contributed by atoms with E-state index in [0.717, 1.165) is 30.8 Å². The van der Waals surface area contributed by atoms with Gasteiger partial charge < -0.3 is 19.9 Å². The monoisotopic (exact) mass is 403 g/mol. The molecule has 1 saturated heterocycles. The average molecular weight is 403 g/mol. The van der Waals surface area contributed by atoms with Gasteiger partial charge in [-0.2, -0.15) is 0 Å². The van der Waals surface area contributed by atoms with E-state index in [0.29, 0.717) is 23.9 Å². The van der Waals surface area contributed by atoms with E-state index < -0.39 is 0 Å². The van der Waals surface area contributed by atoms with Crippen LogP contribution in [0.25, 0.3) is 5.65 Å². The maximum Gasteiger partial charge on any atom is 0.321 e. The molecule has 154 valence electrons. The first kappa shape index (κ1) is 18.7. The molecule has 3 aromatic rings. The predicted molar refractivity (Wildman–Crippen MR) is 114 cm³/mol. The van der Waals surface area contributed by atoms with E-state index in [-0.39, 0.29) is 17.4 Å². The molecule has 7 nitrogen and oxygen atoms in total. The maximum atomic E-state index is 12.5. The summed E-state index contributed by atoms with van der Waals surface area (Å²) in [4.78, 5) is 31.1. The van der Waals surface area contributed by atoms with Crippen LogP contribution in [0.5, 0.6) is 0 Å². The molecule has 1 aromatic carbocycles. The number of amides is 3. The number of hydrogen-bond donors (Lipinski definition) is 2. The van der Waals surface area contributed by atoms with E-state index in [4.69, 9.17) is 0 Å². The average Bonchev–Trinajstić information content (AvgIpc) is 3.12. The number of carbonyl (C=O) groups excluding carboxylic acids is 2. The van der Waals surface area contributed by atoms with Gasteiger partial charge in [0.25, 0.3) is 5.91 Å². The van der Waals surface area contributed by atoms with E-state index in [1.54, 1.807) is 18.5 Å². The third kappa shape index (κ3) is 3.30. The third-order valence-electron chi connectivity index (χ3n) is 6.72. The molecule has 0 bridgehead atoms. The number of para-hydroxylation sites is 1. The number of hydrogen-bond acceptors (Lipinski definition) is 3. The van der Waals surface area contributed by atoms with Gasteiger partial charge in [0.2, 0.25) is 0 Å². The first-order valence-corrected chi connectivity index (χ1v) is 10.4. The number of fused-ring (bicyclic) bond motifs is 2. The molecule has 3 heterocycles. The summed E-state index contributed by atoms with van der Waals surface area (Å²) in [6.07, 6.45) is 6.29. The van der Waals surface area contributed by atoms with Crippen LogP contribution in [0.15, 0.2) is 61.1 Å². The van der Waals surface area contributed by atoms with Gasteiger partial charge in [-0.15, -0.1) is 0 Å². The van der Waals surface area contributed by atoms with Gasteiger partial charge in [-0.3, -0.25) is 4.79 Å². The minimum Gasteiger partial charge on any atom is -0.352 e. The number of nitrogens with one attached hydrogen (secondary N) is 2. The smallest absolute Gasteiger partial charge is 0.321 e. The fourth-order valence-corrected chi connectivity index (χ4v) is 4.95. The summed E-state index contributed by atoms with van der Waals surface area (Å²) >= 11 is 0. The second-order valence-electron chi connectivity index (χ2n) is 8.55. The number of aromatic nitrogens is 2. The molecule has 1 aliphatic carbocycles. The first-order chi connectivity index (χ1) is 14.5. The molecule has 1 aliphatic heterocycles. The molecule has 7 heteroatoms. The third-order valence-corrected chi connectivity index (χ3v) is 6.72. The Bertz CT molecular complexity index is 1100.